The Morgan fingerprint density at radius 1 is 1.19 bits per heavy atom. The minimum Gasteiger partial charge on any atom is -0.489 e. The number of carbonyl (C=O) groups is 2. The maximum atomic E-state index is 12.5. The van der Waals surface area contributed by atoms with Gasteiger partial charge in [0.05, 0.1) is 35.2 Å². The molecule has 1 aliphatic rings. The molecule has 9 heteroatoms. The predicted molar refractivity (Wildman–Crippen MR) is 118 cm³/mol. The Morgan fingerprint density at radius 2 is 1.97 bits per heavy atom. The van der Waals surface area contributed by atoms with Gasteiger partial charge in [-0.2, -0.15) is 0 Å². The first-order chi connectivity index (χ1) is 15.0. The van der Waals surface area contributed by atoms with Crippen molar-refractivity contribution in [1.82, 2.24) is 4.98 Å². The first-order valence-corrected chi connectivity index (χ1v) is 10.8. The van der Waals surface area contributed by atoms with E-state index in [2.05, 4.69) is 4.98 Å². The number of carbonyl (C=O) groups excluding carboxylic acids is 2. The largest absolute Gasteiger partial charge is 0.489 e. The van der Waals surface area contributed by atoms with E-state index in [-0.39, 0.29) is 18.1 Å². The highest BCUT2D eigenvalue weighted by Crippen LogP contribution is 2.38. The summed E-state index contributed by atoms with van der Waals surface area (Å²) in [5.74, 6) is 0.141. The van der Waals surface area contributed by atoms with E-state index in [1.807, 2.05) is 30.3 Å². The molecule has 160 valence electrons. The van der Waals surface area contributed by atoms with E-state index < -0.39 is 5.97 Å². The quantitative estimate of drug-likeness (QED) is 0.501. The molecule has 0 radical (unpaired) electrons. The van der Waals surface area contributed by atoms with E-state index in [9.17, 15) is 9.59 Å². The van der Waals surface area contributed by atoms with Crippen LogP contribution < -0.4 is 14.4 Å². The Balaban J connectivity index is 1.46. The molecular formula is C22H19ClN2O5S. The van der Waals surface area contributed by atoms with Crippen molar-refractivity contribution in [2.24, 2.45) is 0 Å². The van der Waals surface area contributed by atoms with Gasteiger partial charge in [-0.3, -0.25) is 9.69 Å². The number of hydrogen-bond donors (Lipinski definition) is 0. The standard InChI is InChI=1S/C22H19ClN2O5S/c1-14(26)25(17-6-3-2-4-7-17)22-24-16(13-31-22)12-30-21(27)15-10-18(23)20-19(11-15)28-8-5-9-29-20/h2-4,6-7,10-11,13H,5,8-9,12H2,1H3. The number of thiazole rings is 1. The van der Waals surface area contributed by atoms with E-state index >= 15 is 0 Å². The Labute approximate surface area is 188 Å². The number of fused-ring (bicyclic) bond motifs is 1. The molecule has 1 aliphatic heterocycles. The molecule has 0 unspecified atom stereocenters. The van der Waals surface area contributed by atoms with Crippen LogP contribution >= 0.6 is 22.9 Å². The van der Waals surface area contributed by atoms with Gasteiger partial charge >= 0.3 is 5.97 Å². The number of aromatic nitrogens is 1. The van der Waals surface area contributed by atoms with Gasteiger partial charge in [0.2, 0.25) is 5.91 Å². The van der Waals surface area contributed by atoms with Gasteiger partial charge in [-0.25, -0.2) is 9.78 Å². The number of nitrogens with zero attached hydrogens (tertiary/aromatic N) is 2. The molecule has 1 aromatic heterocycles. The Hall–Kier alpha value is -3.10. The highest BCUT2D eigenvalue weighted by atomic mass is 35.5. The molecule has 1 amide bonds. The van der Waals surface area contributed by atoms with Gasteiger partial charge < -0.3 is 14.2 Å². The van der Waals surface area contributed by atoms with Gasteiger partial charge in [-0.1, -0.05) is 29.8 Å². The van der Waals surface area contributed by atoms with Crippen LogP contribution in [0.1, 0.15) is 29.4 Å². The van der Waals surface area contributed by atoms with E-state index in [1.165, 1.54) is 29.2 Å². The third-order valence-corrected chi connectivity index (χ3v) is 5.60. The van der Waals surface area contributed by atoms with Gasteiger partial charge in [0.1, 0.15) is 6.61 Å². The van der Waals surface area contributed by atoms with E-state index in [1.54, 1.807) is 11.4 Å². The summed E-state index contributed by atoms with van der Waals surface area (Å²) in [4.78, 5) is 30.7. The maximum Gasteiger partial charge on any atom is 0.338 e. The molecule has 0 bridgehead atoms. The summed E-state index contributed by atoms with van der Waals surface area (Å²) in [6.07, 6.45) is 0.733. The number of hydrogen-bond acceptors (Lipinski definition) is 7. The summed E-state index contributed by atoms with van der Waals surface area (Å²) in [6.45, 7) is 2.42. The molecule has 0 saturated carbocycles. The minimum atomic E-state index is -0.557. The van der Waals surface area contributed by atoms with Crippen molar-refractivity contribution < 1.29 is 23.8 Å². The SMILES string of the molecule is CC(=O)N(c1ccccc1)c1nc(COC(=O)c2cc(Cl)c3c(c2)OCCCO3)cs1. The van der Waals surface area contributed by atoms with Crippen LogP contribution in [0.4, 0.5) is 10.8 Å². The molecule has 2 aromatic carbocycles. The van der Waals surface area contributed by atoms with Gasteiger partial charge in [-0.05, 0) is 24.3 Å². The molecule has 0 N–H and O–H groups in total. The average molecular weight is 459 g/mol. The van der Waals surface area contributed by atoms with Crippen molar-refractivity contribution in [2.45, 2.75) is 20.0 Å². The van der Waals surface area contributed by atoms with Crippen LogP contribution in [0.5, 0.6) is 11.5 Å². The number of para-hydroxylation sites is 1. The van der Waals surface area contributed by atoms with Crippen LogP contribution in [-0.4, -0.2) is 30.1 Å². The Bertz CT molecular complexity index is 1100. The number of benzene rings is 2. The molecule has 0 fully saturated rings. The van der Waals surface area contributed by atoms with Crippen LogP contribution in [0.15, 0.2) is 47.8 Å². The fraction of sp³-hybridized carbons (Fsp3) is 0.227. The van der Waals surface area contributed by atoms with Crippen molar-refractivity contribution in [1.29, 1.82) is 0 Å². The summed E-state index contributed by atoms with van der Waals surface area (Å²) in [5, 5.41) is 2.55. The summed E-state index contributed by atoms with van der Waals surface area (Å²) < 4.78 is 16.6. The van der Waals surface area contributed by atoms with Gasteiger partial charge in [-0.15, -0.1) is 11.3 Å². The van der Waals surface area contributed by atoms with Gasteiger partial charge in [0.15, 0.2) is 16.6 Å². The first kappa shape index (κ1) is 21.1. The van der Waals surface area contributed by atoms with Crippen LogP contribution in [0.2, 0.25) is 5.02 Å². The highest BCUT2D eigenvalue weighted by molar-refractivity contribution is 7.14. The third kappa shape index (κ3) is 4.81. The number of halogens is 1. The van der Waals surface area contributed by atoms with Crippen LogP contribution in [0.3, 0.4) is 0 Å². The minimum absolute atomic E-state index is 0.0398. The molecule has 0 spiro atoms. The second kappa shape index (κ2) is 9.36. The van der Waals surface area contributed by atoms with Gasteiger partial charge in [0, 0.05) is 18.7 Å². The molecule has 31 heavy (non-hydrogen) atoms. The lowest BCUT2D eigenvalue weighted by molar-refractivity contribution is -0.115. The third-order valence-electron chi connectivity index (χ3n) is 4.45. The molecule has 0 saturated heterocycles. The summed E-state index contributed by atoms with van der Waals surface area (Å²) in [7, 11) is 0. The van der Waals surface area contributed by atoms with E-state index in [0.29, 0.717) is 40.6 Å². The van der Waals surface area contributed by atoms with Crippen molar-refractivity contribution >= 4 is 45.6 Å². The monoisotopic (exact) mass is 458 g/mol. The lowest BCUT2D eigenvalue weighted by Gasteiger charge is -2.17. The zero-order valence-electron chi connectivity index (χ0n) is 16.7. The normalized spacial score (nSPS) is 12.7. The van der Waals surface area contributed by atoms with Crippen LogP contribution in [-0.2, 0) is 16.1 Å². The van der Waals surface area contributed by atoms with E-state index in [4.69, 9.17) is 25.8 Å². The van der Waals surface area contributed by atoms with Crippen molar-refractivity contribution in [3.8, 4) is 11.5 Å². The second-order valence-corrected chi connectivity index (χ2v) is 7.97. The molecule has 0 atom stereocenters. The smallest absolute Gasteiger partial charge is 0.338 e. The molecule has 7 nitrogen and oxygen atoms in total. The fourth-order valence-electron chi connectivity index (χ4n) is 3.04. The zero-order chi connectivity index (χ0) is 21.8. The summed E-state index contributed by atoms with van der Waals surface area (Å²) in [5.41, 5.74) is 1.52. The van der Waals surface area contributed by atoms with Crippen molar-refractivity contribution in [2.75, 3.05) is 18.1 Å². The Kier molecular flexibility index (Phi) is 6.39. The Morgan fingerprint density at radius 3 is 2.74 bits per heavy atom. The lowest BCUT2D eigenvalue weighted by atomic mass is 10.2. The molecular weight excluding hydrogens is 440 g/mol. The zero-order valence-corrected chi connectivity index (χ0v) is 18.2. The van der Waals surface area contributed by atoms with Gasteiger partial charge in [0.25, 0.3) is 0 Å². The molecule has 3 aromatic rings. The summed E-state index contributed by atoms with van der Waals surface area (Å²) in [6, 6.07) is 12.3. The van der Waals surface area contributed by atoms with Crippen molar-refractivity contribution in [3.63, 3.8) is 0 Å². The average Bonchev–Trinajstić information content (AvgIpc) is 3.07. The number of anilines is 2. The van der Waals surface area contributed by atoms with Crippen molar-refractivity contribution in [3.05, 3.63) is 64.1 Å². The topological polar surface area (TPSA) is 78.0 Å². The number of ether oxygens (including phenoxy) is 3. The number of esters is 1. The lowest BCUT2D eigenvalue weighted by Crippen LogP contribution is -2.22. The highest BCUT2D eigenvalue weighted by Gasteiger charge is 2.21. The van der Waals surface area contributed by atoms with Crippen LogP contribution in [0, 0.1) is 0 Å². The maximum absolute atomic E-state index is 12.5. The molecule has 2 heterocycles. The predicted octanol–water partition coefficient (Wildman–Crippen LogP) is 5.00. The number of amides is 1. The fourth-order valence-corrected chi connectivity index (χ4v) is 4.18. The summed E-state index contributed by atoms with van der Waals surface area (Å²) >= 11 is 7.54. The number of rotatable bonds is 5. The first-order valence-electron chi connectivity index (χ1n) is 9.59. The molecule has 0 aliphatic carbocycles. The second-order valence-electron chi connectivity index (χ2n) is 6.72. The van der Waals surface area contributed by atoms with Crippen LogP contribution in [0.25, 0.3) is 0 Å². The van der Waals surface area contributed by atoms with E-state index in [0.717, 1.165) is 12.1 Å². The molecule has 4 rings (SSSR count).